The van der Waals surface area contributed by atoms with Gasteiger partial charge in [0, 0.05) is 35.8 Å². The predicted molar refractivity (Wildman–Crippen MR) is 118 cm³/mol. The third-order valence-corrected chi connectivity index (χ3v) is 5.85. The van der Waals surface area contributed by atoms with E-state index in [1.54, 1.807) is 12.1 Å². The van der Waals surface area contributed by atoms with Crippen molar-refractivity contribution in [2.75, 3.05) is 11.1 Å². The third-order valence-electron chi connectivity index (χ3n) is 4.88. The van der Waals surface area contributed by atoms with Crippen LogP contribution >= 0.6 is 11.8 Å². The first-order valence-corrected chi connectivity index (χ1v) is 10.8. The molecular weight excluding hydrogens is 401 g/mol. The van der Waals surface area contributed by atoms with Crippen LogP contribution in [0.2, 0.25) is 0 Å². The molecule has 0 unspecified atom stereocenters. The van der Waals surface area contributed by atoms with Crippen LogP contribution in [0, 0.1) is 5.82 Å². The van der Waals surface area contributed by atoms with Gasteiger partial charge in [-0.1, -0.05) is 42.1 Å². The number of amides is 1. The number of benzene rings is 2. The molecule has 4 aromatic rings. The van der Waals surface area contributed by atoms with E-state index >= 15 is 0 Å². The topological polar surface area (TPSA) is 64.7 Å². The molecule has 0 saturated carbocycles. The first kappa shape index (κ1) is 20.2. The first-order chi connectivity index (χ1) is 14.6. The molecule has 30 heavy (non-hydrogen) atoms. The van der Waals surface area contributed by atoms with E-state index < -0.39 is 5.82 Å². The van der Waals surface area contributed by atoms with Crippen molar-refractivity contribution in [3.63, 3.8) is 0 Å². The molecule has 0 atom stereocenters. The minimum Gasteiger partial charge on any atom is -0.347 e. The average molecular weight is 424 g/mol. The fourth-order valence-corrected chi connectivity index (χ4v) is 4.25. The molecule has 0 aliphatic rings. The molecule has 1 amide bonds. The monoisotopic (exact) mass is 423 g/mol. The Hall–Kier alpha value is -3.13. The Labute approximate surface area is 178 Å². The van der Waals surface area contributed by atoms with Gasteiger partial charge in [0.2, 0.25) is 5.91 Å². The van der Waals surface area contributed by atoms with Crippen LogP contribution in [0.4, 0.5) is 10.1 Å². The van der Waals surface area contributed by atoms with Crippen molar-refractivity contribution in [1.82, 2.24) is 19.3 Å². The van der Waals surface area contributed by atoms with Gasteiger partial charge < -0.3 is 14.5 Å². The van der Waals surface area contributed by atoms with E-state index in [9.17, 15) is 9.18 Å². The zero-order valence-corrected chi connectivity index (χ0v) is 17.6. The highest BCUT2D eigenvalue weighted by Gasteiger charge is 2.19. The Bertz CT molecular complexity index is 1200. The number of carbonyl (C=O) groups is 1. The number of carbonyl (C=O) groups excluding carboxylic acids is 1. The van der Waals surface area contributed by atoms with Crippen LogP contribution in [0.5, 0.6) is 0 Å². The molecule has 0 bridgehead atoms. The SMILES string of the molecule is CCn1c(SCC(=O)Nc2ccccc2F)nnc1-c1cn(CC)c2ccccc12. The minimum absolute atomic E-state index is 0.114. The summed E-state index contributed by atoms with van der Waals surface area (Å²) in [6.07, 6.45) is 2.10. The maximum atomic E-state index is 13.7. The number of anilines is 1. The molecule has 1 N–H and O–H groups in total. The van der Waals surface area contributed by atoms with Crippen LogP contribution in [0.3, 0.4) is 0 Å². The second-order valence-corrected chi connectivity index (χ2v) is 7.66. The van der Waals surface area contributed by atoms with Crippen molar-refractivity contribution in [2.24, 2.45) is 0 Å². The molecule has 8 heteroatoms. The van der Waals surface area contributed by atoms with E-state index in [2.05, 4.69) is 45.3 Å². The third kappa shape index (κ3) is 3.82. The molecule has 2 aromatic heterocycles. The normalized spacial score (nSPS) is 11.2. The summed E-state index contributed by atoms with van der Waals surface area (Å²) in [6, 6.07) is 14.3. The van der Waals surface area contributed by atoms with Gasteiger partial charge >= 0.3 is 0 Å². The second kappa shape index (κ2) is 8.71. The van der Waals surface area contributed by atoms with Gasteiger partial charge in [-0.2, -0.15) is 0 Å². The number of hydrogen-bond acceptors (Lipinski definition) is 4. The Morgan fingerprint density at radius 1 is 1.07 bits per heavy atom. The number of thioether (sulfide) groups is 1. The molecule has 2 heterocycles. The van der Waals surface area contributed by atoms with Crippen molar-refractivity contribution in [1.29, 1.82) is 0 Å². The van der Waals surface area contributed by atoms with E-state index in [0.717, 1.165) is 28.8 Å². The van der Waals surface area contributed by atoms with Gasteiger partial charge in [-0.25, -0.2) is 4.39 Å². The number of hydrogen-bond donors (Lipinski definition) is 1. The molecular formula is C22H22FN5OS. The van der Waals surface area contributed by atoms with Crippen LogP contribution in [-0.2, 0) is 17.9 Å². The van der Waals surface area contributed by atoms with E-state index in [0.29, 0.717) is 11.7 Å². The molecule has 0 aliphatic heterocycles. The highest BCUT2D eigenvalue weighted by atomic mass is 32.2. The largest absolute Gasteiger partial charge is 0.347 e. The molecule has 2 aromatic carbocycles. The number of para-hydroxylation sites is 2. The summed E-state index contributed by atoms with van der Waals surface area (Å²) in [6.45, 7) is 5.66. The highest BCUT2D eigenvalue weighted by molar-refractivity contribution is 7.99. The van der Waals surface area contributed by atoms with Crippen molar-refractivity contribution >= 4 is 34.3 Å². The highest BCUT2D eigenvalue weighted by Crippen LogP contribution is 2.31. The summed E-state index contributed by atoms with van der Waals surface area (Å²) < 4.78 is 17.9. The van der Waals surface area contributed by atoms with Crippen molar-refractivity contribution in [3.05, 3.63) is 60.5 Å². The van der Waals surface area contributed by atoms with E-state index in [-0.39, 0.29) is 17.3 Å². The molecule has 0 fully saturated rings. The van der Waals surface area contributed by atoms with Crippen LogP contribution in [0.1, 0.15) is 13.8 Å². The lowest BCUT2D eigenvalue weighted by Gasteiger charge is -2.08. The smallest absolute Gasteiger partial charge is 0.234 e. The molecule has 0 saturated heterocycles. The number of nitrogens with one attached hydrogen (secondary N) is 1. The maximum absolute atomic E-state index is 13.7. The standard InChI is InChI=1S/C22H22FN5OS/c1-3-27-13-16(15-9-5-8-12-19(15)27)21-25-26-22(28(21)4-2)30-14-20(29)24-18-11-7-6-10-17(18)23/h5-13H,3-4,14H2,1-2H3,(H,24,29). The molecule has 0 aliphatic carbocycles. The predicted octanol–water partition coefficient (Wildman–Crippen LogP) is 4.81. The molecule has 0 spiro atoms. The number of aromatic nitrogens is 4. The summed E-state index contributed by atoms with van der Waals surface area (Å²) in [7, 11) is 0. The fraction of sp³-hybridized carbons (Fsp3) is 0.227. The van der Waals surface area contributed by atoms with Crippen LogP contribution in [0.15, 0.2) is 59.9 Å². The van der Waals surface area contributed by atoms with Crippen molar-refractivity contribution < 1.29 is 9.18 Å². The van der Waals surface area contributed by atoms with Gasteiger partial charge in [0.15, 0.2) is 11.0 Å². The first-order valence-electron chi connectivity index (χ1n) is 9.81. The number of rotatable bonds is 7. The quantitative estimate of drug-likeness (QED) is 0.433. The molecule has 6 nitrogen and oxygen atoms in total. The van der Waals surface area contributed by atoms with E-state index in [1.807, 2.05) is 23.6 Å². The Kier molecular flexibility index (Phi) is 5.85. The number of nitrogens with zero attached hydrogens (tertiary/aromatic N) is 4. The lowest BCUT2D eigenvalue weighted by molar-refractivity contribution is -0.113. The van der Waals surface area contributed by atoms with Crippen molar-refractivity contribution in [2.45, 2.75) is 32.1 Å². The molecule has 154 valence electrons. The lowest BCUT2D eigenvalue weighted by Crippen LogP contribution is -2.15. The fourth-order valence-electron chi connectivity index (χ4n) is 3.45. The van der Waals surface area contributed by atoms with Crippen LogP contribution < -0.4 is 5.32 Å². The second-order valence-electron chi connectivity index (χ2n) is 6.71. The average Bonchev–Trinajstić information content (AvgIpc) is 3.34. The molecule has 0 radical (unpaired) electrons. The van der Waals surface area contributed by atoms with E-state index in [4.69, 9.17) is 0 Å². The lowest BCUT2D eigenvalue weighted by atomic mass is 10.1. The zero-order valence-electron chi connectivity index (χ0n) is 16.8. The van der Waals surface area contributed by atoms with Gasteiger partial charge in [-0.15, -0.1) is 10.2 Å². The zero-order chi connectivity index (χ0) is 21.1. The summed E-state index contributed by atoms with van der Waals surface area (Å²) in [5.74, 6) is 0.142. The Morgan fingerprint density at radius 3 is 2.60 bits per heavy atom. The number of fused-ring (bicyclic) bond motifs is 1. The van der Waals surface area contributed by atoms with Gasteiger partial charge in [0.1, 0.15) is 5.82 Å². The summed E-state index contributed by atoms with van der Waals surface area (Å²) >= 11 is 1.29. The Balaban J connectivity index is 1.56. The van der Waals surface area contributed by atoms with Gasteiger partial charge in [0.25, 0.3) is 0 Å². The van der Waals surface area contributed by atoms with Gasteiger partial charge in [-0.3, -0.25) is 4.79 Å². The number of halogens is 1. The molecule has 4 rings (SSSR count). The number of aryl methyl sites for hydroxylation is 1. The van der Waals surface area contributed by atoms with Gasteiger partial charge in [0.05, 0.1) is 11.4 Å². The summed E-state index contributed by atoms with van der Waals surface area (Å²) in [5, 5.41) is 13.1. The van der Waals surface area contributed by atoms with Crippen molar-refractivity contribution in [3.8, 4) is 11.4 Å². The van der Waals surface area contributed by atoms with Crippen LogP contribution in [-0.4, -0.2) is 31.0 Å². The van der Waals surface area contributed by atoms with Crippen LogP contribution in [0.25, 0.3) is 22.3 Å². The summed E-state index contributed by atoms with van der Waals surface area (Å²) in [4.78, 5) is 12.3. The minimum atomic E-state index is -0.456. The summed E-state index contributed by atoms with van der Waals surface area (Å²) in [5.41, 5.74) is 2.34. The van der Waals surface area contributed by atoms with E-state index in [1.165, 1.54) is 23.9 Å². The maximum Gasteiger partial charge on any atom is 0.234 e. The van der Waals surface area contributed by atoms with Gasteiger partial charge in [-0.05, 0) is 32.0 Å². The Morgan fingerprint density at radius 2 is 1.83 bits per heavy atom.